The minimum absolute atomic E-state index is 0.398. The number of para-hydroxylation sites is 3. The lowest BCUT2D eigenvalue weighted by Gasteiger charge is -2.15. The van der Waals surface area contributed by atoms with Crippen molar-refractivity contribution in [2.45, 2.75) is 0 Å². The van der Waals surface area contributed by atoms with Crippen LogP contribution in [0.15, 0.2) is 198 Å². The Bertz CT molecular complexity index is 5000. The van der Waals surface area contributed by atoms with Gasteiger partial charge in [-0.25, -0.2) is 15.0 Å². The molecule has 0 atom stereocenters. The van der Waals surface area contributed by atoms with E-state index in [9.17, 15) is 15.1 Å². The first-order valence-corrected chi connectivity index (χ1v) is 16.2. The molecule has 0 aliphatic rings. The van der Waals surface area contributed by atoms with E-state index in [1.165, 1.54) is 0 Å². The number of rotatable bonds is 6. The highest BCUT2D eigenvalue weighted by Gasteiger charge is 2.17. The molecule has 8 aromatic carbocycles. The van der Waals surface area contributed by atoms with E-state index >= 15 is 0 Å². The zero-order chi connectivity index (χ0) is 64.9. The van der Waals surface area contributed by atoms with Gasteiger partial charge in [0.2, 0.25) is 0 Å². The van der Waals surface area contributed by atoms with Crippen LogP contribution < -0.4 is 0 Å². The van der Waals surface area contributed by atoms with Crippen LogP contribution in [0, 0.1) is 0 Å². The first kappa shape index (κ1) is 13.3. The van der Waals surface area contributed by atoms with Gasteiger partial charge in [0, 0.05) is 43.9 Å². The van der Waals surface area contributed by atoms with Gasteiger partial charge in [0.1, 0.15) is 11.2 Å². The summed E-state index contributed by atoms with van der Waals surface area (Å²) in [7, 11) is 0. The number of furan rings is 1. The third-order valence-electron chi connectivity index (χ3n) is 8.31. The summed E-state index contributed by atoms with van der Waals surface area (Å²) in [4.78, 5) is 13.0. The smallest absolute Gasteiger partial charge is 0.164 e. The minimum atomic E-state index is -1.23. The lowest BCUT2D eigenvalue weighted by Crippen LogP contribution is -2.00. The van der Waals surface area contributed by atoms with Crippen LogP contribution in [0.4, 0.5) is 0 Å². The predicted octanol–water partition coefficient (Wildman–Crippen LogP) is 13.2. The fourth-order valence-electron chi connectivity index (χ4n) is 5.90. The summed E-state index contributed by atoms with van der Waals surface area (Å²) in [5.41, 5.74) is -10.4. The molecule has 3 aromatic heterocycles. The van der Waals surface area contributed by atoms with Gasteiger partial charge in [-0.2, -0.15) is 0 Å². The fraction of sp³-hybridized carbons (Fsp3) is 0. The molecule has 5 nitrogen and oxygen atoms in total. The SMILES string of the molecule is [2H]c1c([2H])c([2H])c(-c2nc(-c3c([2H])c([2H])c([2H])c(-c4c([2H])c(-c5c([2H])c([2H])c([2H])c([2H])c5[2H])c([2H])c(-n5c6c([2H])c([2H])c([2H])c([2H])c6c6c([2H])c([2H])c([2H])c([2H])c65)c4[2H])c3[2H])nc(-c3c([2H])c([2H])c4c(oc5c([2H])c([2H])c([2H])c([2H])c54)c3[2H])n2)c([2H])c1[2H]. The molecule has 0 saturated carbocycles. The monoisotopic (exact) mass is 748 g/mol. The molecule has 11 aromatic rings. The van der Waals surface area contributed by atoms with Crippen LogP contribution in [0.1, 0.15) is 43.9 Å². The first-order valence-electron chi connectivity index (χ1n) is 32.2. The maximum atomic E-state index is 10.1. The molecule has 0 N–H and O–H groups in total. The standard InChI is InChI=1S/C51H32N4O/c1-3-14-33(15-4-1)38-29-39(31-40(30-38)55-45-23-10-7-20-41(45)42-21-8-11-24-46(42)55)35-18-13-19-36(28-35)50-52-49(34-16-5-2-6-17-34)53-51(54-50)37-26-27-44-43-22-9-12-25-47(43)56-48(44)32-37/h1-32H/i1D,2D,3D,4D,5D,6D,7D,8D,9D,10D,11D,12D,13D,14D,15D,16D,17D,18D,19D,20D,21D,22D,23D,24D,25D,26D,27D,28D,29D,30D,31D,32D. The largest absolute Gasteiger partial charge is 0.456 e. The van der Waals surface area contributed by atoms with Crippen LogP contribution in [0.25, 0.3) is 106 Å². The number of hydrogen-bond donors (Lipinski definition) is 0. The van der Waals surface area contributed by atoms with Gasteiger partial charge in [-0.1, -0.05) is 139 Å². The van der Waals surface area contributed by atoms with Gasteiger partial charge in [-0.15, -0.1) is 0 Å². The number of hydrogen-bond acceptors (Lipinski definition) is 4. The molecule has 262 valence electrons. The van der Waals surface area contributed by atoms with Gasteiger partial charge < -0.3 is 8.98 Å². The van der Waals surface area contributed by atoms with Gasteiger partial charge in [0.05, 0.1) is 54.9 Å². The quantitative estimate of drug-likeness (QED) is 0.170. The minimum Gasteiger partial charge on any atom is -0.456 e. The van der Waals surface area contributed by atoms with E-state index in [2.05, 4.69) is 15.0 Å². The molecule has 0 unspecified atom stereocenters. The van der Waals surface area contributed by atoms with Crippen molar-refractivity contribution in [1.82, 2.24) is 19.5 Å². The van der Waals surface area contributed by atoms with Crippen LogP contribution in [0.3, 0.4) is 0 Å². The van der Waals surface area contributed by atoms with Crippen LogP contribution in [-0.2, 0) is 0 Å². The second-order valence-electron chi connectivity index (χ2n) is 11.6. The lowest BCUT2D eigenvalue weighted by atomic mass is 9.96. The van der Waals surface area contributed by atoms with Crippen molar-refractivity contribution in [2.24, 2.45) is 0 Å². The van der Waals surface area contributed by atoms with E-state index in [4.69, 9.17) is 33.2 Å². The number of aromatic nitrogens is 4. The Hall–Kier alpha value is -7.63. The van der Waals surface area contributed by atoms with E-state index in [0.717, 1.165) is 0 Å². The van der Waals surface area contributed by atoms with Crippen LogP contribution in [0.5, 0.6) is 0 Å². The van der Waals surface area contributed by atoms with Crippen molar-refractivity contribution in [3.05, 3.63) is 193 Å². The normalized spacial score (nSPS) is 19.6. The van der Waals surface area contributed by atoms with E-state index in [1.54, 1.807) is 0 Å². The Morgan fingerprint density at radius 3 is 1.52 bits per heavy atom. The third-order valence-corrected chi connectivity index (χ3v) is 8.31. The van der Waals surface area contributed by atoms with Gasteiger partial charge in [-0.3, -0.25) is 0 Å². The van der Waals surface area contributed by atoms with Crippen molar-refractivity contribution in [3.8, 4) is 62.1 Å². The summed E-state index contributed by atoms with van der Waals surface area (Å²) in [5, 5.41) is -2.04. The van der Waals surface area contributed by atoms with E-state index in [-0.39, 0.29) is 0 Å². The number of benzene rings is 8. The molecule has 0 saturated heterocycles. The molecule has 0 fully saturated rings. The molecule has 5 heteroatoms. The van der Waals surface area contributed by atoms with E-state index in [0.29, 0.717) is 4.57 Å². The lowest BCUT2D eigenvalue weighted by molar-refractivity contribution is 0.669. The second-order valence-corrected chi connectivity index (χ2v) is 11.6. The average Bonchev–Trinajstić information content (AvgIpc) is 1.44. The summed E-state index contributed by atoms with van der Waals surface area (Å²) in [6.07, 6.45) is 0. The Morgan fingerprint density at radius 1 is 0.339 bits per heavy atom. The molecule has 0 aliphatic carbocycles. The summed E-state index contributed by atoms with van der Waals surface area (Å²) in [6, 6.07) is -31.6. The molecule has 0 radical (unpaired) electrons. The molecule has 56 heavy (non-hydrogen) atoms. The maximum absolute atomic E-state index is 10.1. The van der Waals surface area contributed by atoms with Crippen molar-refractivity contribution in [2.75, 3.05) is 0 Å². The first-order chi connectivity index (χ1) is 41.1. The van der Waals surface area contributed by atoms with Crippen molar-refractivity contribution >= 4 is 43.7 Å². The van der Waals surface area contributed by atoms with Crippen molar-refractivity contribution in [3.63, 3.8) is 0 Å². The number of nitrogens with zero attached hydrogens (tertiary/aromatic N) is 4. The summed E-state index contributed by atoms with van der Waals surface area (Å²) in [5.74, 6) is -2.88. The van der Waals surface area contributed by atoms with Gasteiger partial charge in [0.25, 0.3) is 0 Å². The maximum Gasteiger partial charge on any atom is 0.164 e. The Morgan fingerprint density at radius 2 is 0.821 bits per heavy atom. The second kappa shape index (κ2) is 13.0. The summed E-state index contributed by atoms with van der Waals surface area (Å²) < 4.78 is 293. The molecule has 0 spiro atoms. The topological polar surface area (TPSA) is 56.7 Å². The van der Waals surface area contributed by atoms with Crippen LogP contribution in [-0.4, -0.2) is 19.5 Å². The van der Waals surface area contributed by atoms with Crippen LogP contribution >= 0.6 is 0 Å². The van der Waals surface area contributed by atoms with E-state index < -0.39 is 299 Å². The molecule has 3 heterocycles. The highest BCUT2D eigenvalue weighted by molar-refractivity contribution is 6.09. The zero-order valence-electron chi connectivity index (χ0n) is 59.7. The zero-order valence-corrected chi connectivity index (χ0v) is 27.7. The van der Waals surface area contributed by atoms with Crippen molar-refractivity contribution in [1.29, 1.82) is 0 Å². The molecule has 0 amide bonds. The molecule has 0 aliphatic heterocycles. The number of fused-ring (bicyclic) bond motifs is 6. The molecular formula is C51H32N4O. The van der Waals surface area contributed by atoms with Crippen LogP contribution in [0.2, 0.25) is 0 Å². The Balaban J connectivity index is 1.34. The van der Waals surface area contributed by atoms with E-state index in [1.807, 2.05) is 0 Å². The van der Waals surface area contributed by atoms with Gasteiger partial charge >= 0.3 is 0 Å². The molecule has 11 rings (SSSR count). The summed E-state index contributed by atoms with van der Waals surface area (Å²) in [6.45, 7) is 0. The Kier molecular flexibility index (Phi) is 3.10. The highest BCUT2D eigenvalue weighted by Crippen LogP contribution is 2.37. The average molecular weight is 749 g/mol. The Labute approximate surface area is 367 Å². The highest BCUT2D eigenvalue weighted by atomic mass is 16.3. The molecule has 0 bridgehead atoms. The summed E-state index contributed by atoms with van der Waals surface area (Å²) >= 11 is 0. The van der Waals surface area contributed by atoms with Gasteiger partial charge in [-0.05, 0) is 76.6 Å². The van der Waals surface area contributed by atoms with Crippen molar-refractivity contribution < 1.29 is 48.3 Å². The molecular weight excluding hydrogens is 685 g/mol. The predicted molar refractivity (Wildman–Crippen MR) is 229 cm³/mol. The third kappa shape index (κ3) is 5.45. The fourth-order valence-corrected chi connectivity index (χ4v) is 5.90. The van der Waals surface area contributed by atoms with Gasteiger partial charge in [0.15, 0.2) is 17.5 Å².